The first-order chi connectivity index (χ1) is 9.93. The van der Waals surface area contributed by atoms with Gasteiger partial charge in [0.1, 0.15) is 0 Å². The maximum Gasteiger partial charge on any atom is 1.00 e. The summed E-state index contributed by atoms with van der Waals surface area (Å²) in [6.45, 7) is 0. The topological polar surface area (TPSA) is 0 Å². The third-order valence-corrected chi connectivity index (χ3v) is 3.14. The molecule has 2 heteroatoms. The zero-order valence-corrected chi connectivity index (χ0v) is 15.1. The smallest absolute Gasteiger partial charge is 0.147 e. The normalized spacial score (nSPS) is 9.09. The molecule has 0 aliphatic heterocycles. The molecule has 0 aliphatic carbocycles. The molecule has 0 heterocycles. The minimum absolute atomic E-state index is 0. The number of fused-ring (bicyclic) bond motifs is 2. The Bertz CT molecular complexity index is 625. The molecule has 0 amide bonds. The van der Waals surface area contributed by atoms with Crippen molar-refractivity contribution in [1.82, 2.24) is 0 Å². The Hall–Kier alpha value is -1.00. The van der Waals surface area contributed by atoms with E-state index >= 15 is 0 Å². The Morgan fingerprint density at radius 3 is 1.27 bits per heavy atom. The van der Waals surface area contributed by atoms with Crippen LogP contribution in [0.1, 0.15) is 0 Å². The van der Waals surface area contributed by atoms with Crippen LogP contribution in [-0.4, -0.2) is 0 Å². The zero-order chi connectivity index (χ0) is 13.6. The van der Waals surface area contributed by atoms with E-state index < -0.39 is 0 Å². The molecule has 0 nitrogen and oxygen atoms in total. The molecule has 0 unspecified atom stereocenters. The van der Waals surface area contributed by atoms with Crippen LogP contribution in [0, 0.1) is 12.1 Å². The summed E-state index contributed by atoms with van der Waals surface area (Å²) < 4.78 is 0. The fraction of sp³-hybridized carbons (Fsp3) is 0. The van der Waals surface area contributed by atoms with Crippen LogP contribution in [0.4, 0.5) is 0 Å². The Labute approximate surface area is 166 Å². The van der Waals surface area contributed by atoms with Gasteiger partial charge in [-0.25, -0.2) is 0 Å². The molecule has 0 saturated carbocycles. The van der Waals surface area contributed by atoms with Gasteiger partial charge in [-0.3, -0.25) is 0 Å². The van der Waals surface area contributed by atoms with E-state index in [0.29, 0.717) is 0 Å². The van der Waals surface area contributed by atoms with Crippen LogP contribution in [0.15, 0.2) is 84.9 Å². The second-order valence-corrected chi connectivity index (χ2v) is 4.51. The van der Waals surface area contributed by atoms with Crippen molar-refractivity contribution in [2.45, 2.75) is 0 Å². The SMILES string of the molecule is [Li+].[Na+].[c-]1cccc2ccccc12.[c-]1cccc2ccccc12. The van der Waals surface area contributed by atoms with Crippen molar-refractivity contribution in [3.05, 3.63) is 97.1 Å². The first kappa shape index (κ1) is 19.0. The molecule has 0 aliphatic rings. The number of rotatable bonds is 0. The van der Waals surface area contributed by atoms with Gasteiger partial charge in [0.2, 0.25) is 0 Å². The van der Waals surface area contributed by atoms with Gasteiger partial charge < -0.3 is 0 Å². The van der Waals surface area contributed by atoms with Crippen LogP contribution >= 0.6 is 0 Å². The van der Waals surface area contributed by atoms with Crippen LogP contribution < -0.4 is 48.4 Å². The first-order valence-electron chi connectivity index (χ1n) is 6.64. The third kappa shape index (κ3) is 5.02. The third-order valence-electron chi connectivity index (χ3n) is 3.14. The van der Waals surface area contributed by atoms with E-state index in [0.717, 1.165) is 0 Å². The van der Waals surface area contributed by atoms with Crippen LogP contribution in [0.2, 0.25) is 0 Å². The molecule has 0 spiro atoms. The van der Waals surface area contributed by atoms with Gasteiger partial charge in [-0.15, -0.1) is 94.3 Å². The summed E-state index contributed by atoms with van der Waals surface area (Å²) >= 11 is 0. The maximum atomic E-state index is 3.15. The van der Waals surface area contributed by atoms with Crippen molar-refractivity contribution in [2.24, 2.45) is 0 Å². The van der Waals surface area contributed by atoms with E-state index in [1.165, 1.54) is 21.5 Å². The second-order valence-electron chi connectivity index (χ2n) is 4.51. The van der Waals surface area contributed by atoms with Gasteiger partial charge in [0, 0.05) is 0 Å². The number of benzene rings is 4. The molecule has 0 radical (unpaired) electrons. The van der Waals surface area contributed by atoms with Gasteiger partial charge in [0.15, 0.2) is 0 Å². The van der Waals surface area contributed by atoms with Crippen molar-refractivity contribution in [3.63, 3.8) is 0 Å². The number of hydrogen-bond acceptors (Lipinski definition) is 0. The van der Waals surface area contributed by atoms with E-state index in [1.807, 2.05) is 48.5 Å². The first-order valence-corrected chi connectivity index (χ1v) is 6.64. The Balaban J connectivity index is 0.000000202. The molecular formula is C20H14LiNa. The summed E-state index contributed by atoms with van der Waals surface area (Å²) in [4.78, 5) is 0. The van der Waals surface area contributed by atoms with Crippen molar-refractivity contribution < 1.29 is 48.4 Å². The summed E-state index contributed by atoms with van der Waals surface area (Å²) in [7, 11) is 0. The molecule has 0 aromatic heterocycles. The summed E-state index contributed by atoms with van der Waals surface area (Å²) in [5.74, 6) is 0. The molecule has 0 fully saturated rings. The summed E-state index contributed by atoms with van der Waals surface area (Å²) in [6.07, 6.45) is 0. The van der Waals surface area contributed by atoms with Gasteiger partial charge in [-0.1, -0.05) is 24.3 Å². The average Bonchev–Trinajstić information content (AvgIpc) is 2.56. The molecular weight excluding hydrogens is 270 g/mol. The maximum absolute atomic E-state index is 3.15. The minimum Gasteiger partial charge on any atom is -0.147 e. The summed E-state index contributed by atoms with van der Waals surface area (Å²) in [5.41, 5.74) is 0. The number of hydrogen-bond donors (Lipinski definition) is 0. The summed E-state index contributed by atoms with van der Waals surface area (Å²) in [6, 6.07) is 34.8. The molecule has 0 atom stereocenters. The van der Waals surface area contributed by atoms with E-state index in [9.17, 15) is 0 Å². The van der Waals surface area contributed by atoms with E-state index in [-0.39, 0.29) is 48.4 Å². The average molecular weight is 284 g/mol. The molecule has 96 valence electrons. The van der Waals surface area contributed by atoms with Crippen molar-refractivity contribution in [3.8, 4) is 0 Å². The largest absolute Gasteiger partial charge is 1.00 e. The van der Waals surface area contributed by atoms with Crippen molar-refractivity contribution >= 4 is 21.5 Å². The van der Waals surface area contributed by atoms with Gasteiger partial charge in [-0.05, 0) is 0 Å². The molecule has 0 saturated heterocycles. The predicted molar refractivity (Wildman–Crippen MR) is 85.6 cm³/mol. The molecule has 0 bridgehead atoms. The van der Waals surface area contributed by atoms with E-state index in [2.05, 4.69) is 48.5 Å². The van der Waals surface area contributed by atoms with Crippen LogP contribution in [0.5, 0.6) is 0 Å². The quantitative estimate of drug-likeness (QED) is 0.296. The summed E-state index contributed by atoms with van der Waals surface area (Å²) in [5, 5.41) is 4.88. The van der Waals surface area contributed by atoms with E-state index in [4.69, 9.17) is 0 Å². The zero-order valence-electron chi connectivity index (χ0n) is 13.1. The molecule has 0 N–H and O–H groups in total. The van der Waals surface area contributed by atoms with E-state index in [1.54, 1.807) is 0 Å². The van der Waals surface area contributed by atoms with Crippen molar-refractivity contribution in [1.29, 1.82) is 0 Å². The molecule has 22 heavy (non-hydrogen) atoms. The Kier molecular flexibility index (Phi) is 8.57. The molecule has 4 aromatic rings. The van der Waals surface area contributed by atoms with Gasteiger partial charge in [0.05, 0.1) is 0 Å². The molecule has 4 rings (SSSR count). The van der Waals surface area contributed by atoms with Gasteiger partial charge in [0.25, 0.3) is 0 Å². The fourth-order valence-corrected chi connectivity index (χ4v) is 2.13. The van der Waals surface area contributed by atoms with Crippen LogP contribution in [0.3, 0.4) is 0 Å². The standard InChI is InChI=1S/2C10H7.Li.Na/c2*1-2-6-10-8-4-3-7-9(10)5-1;;/h2*1-7H;;/q2*-1;2*+1. The fourth-order valence-electron chi connectivity index (χ4n) is 2.13. The monoisotopic (exact) mass is 284 g/mol. The minimum atomic E-state index is 0. The van der Waals surface area contributed by atoms with Gasteiger partial charge >= 0.3 is 48.4 Å². The predicted octanol–water partition coefficient (Wildman–Crippen LogP) is -0.712. The Morgan fingerprint density at radius 2 is 0.864 bits per heavy atom. The van der Waals surface area contributed by atoms with Crippen LogP contribution in [0.25, 0.3) is 21.5 Å². The molecule has 4 aromatic carbocycles. The second kappa shape index (κ2) is 9.90. The van der Waals surface area contributed by atoms with Crippen molar-refractivity contribution in [2.75, 3.05) is 0 Å². The van der Waals surface area contributed by atoms with Gasteiger partial charge in [-0.2, -0.15) is 0 Å². The van der Waals surface area contributed by atoms with Crippen LogP contribution in [-0.2, 0) is 0 Å². The Morgan fingerprint density at radius 1 is 0.500 bits per heavy atom.